The summed E-state index contributed by atoms with van der Waals surface area (Å²) in [4.78, 5) is 39.8. The molecular weight excluding hydrogens is 545 g/mol. The molecule has 1 aliphatic heterocycles. The van der Waals surface area contributed by atoms with Crippen LogP contribution in [0.3, 0.4) is 0 Å². The highest BCUT2D eigenvalue weighted by atomic mass is 19.4. The molecule has 0 aliphatic carbocycles. The summed E-state index contributed by atoms with van der Waals surface area (Å²) in [5.41, 5.74) is 1.45. The molecule has 1 atom stereocenters. The van der Waals surface area contributed by atoms with Crippen LogP contribution in [0.25, 0.3) is 11.1 Å². The summed E-state index contributed by atoms with van der Waals surface area (Å²) >= 11 is 0. The zero-order chi connectivity index (χ0) is 30.6. The molecule has 0 fully saturated rings. The summed E-state index contributed by atoms with van der Waals surface area (Å²) in [6.45, 7) is 5.87. The number of carbonyl (C=O) groups excluding carboxylic acids is 3. The number of benzene rings is 3. The van der Waals surface area contributed by atoms with Crippen LogP contribution in [-0.2, 0) is 28.7 Å². The minimum absolute atomic E-state index is 0.00404. The molecule has 0 radical (unpaired) electrons. The second-order valence-corrected chi connectivity index (χ2v) is 10.9. The molecule has 0 spiro atoms. The van der Waals surface area contributed by atoms with Gasteiger partial charge in [0.25, 0.3) is 11.8 Å². The van der Waals surface area contributed by atoms with Gasteiger partial charge in [0, 0.05) is 23.4 Å². The normalized spacial score (nSPS) is 13.7. The highest BCUT2D eigenvalue weighted by molar-refractivity contribution is 6.04. The number of nitrogens with one attached hydrogen (secondary N) is 1. The van der Waals surface area contributed by atoms with Gasteiger partial charge in [0.2, 0.25) is 0 Å². The molecule has 1 N–H and O–H groups in total. The number of hydrogen-bond donors (Lipinski definition) is 1. The topological polar surface area (TPSA) is 75.7 Å². The maximum Gasteiger partial charge on any atom is 0.417 e. The fourth-order valence-corrected chi connectivity index (χ4v) is 5.31. The van der Waals surface area contributed by atoms with Crippen LogP contribution in [-0.4, -0.2) is 35.8 Å². The SMILES string of the molecule is CCCCCc1ccc(C(=O)Nc2ccc(-c3ccc4c(c3)C(=O)N(C(C(=O)OC)C(C)C)C4)c(C(F)(F)F)c2)cc1. The second kappa shape index (κ2) is 12.8. The van der Waals surface area contributed by atoms with E-state index in [2.05, 4.69) is 12.2 Å². The van der Waals surface area contributed by atoms with Crippen LogP contribution in [0.15, 0.2) is 60.7 Å². The average Bonchev–Trinajstić information content (AvgIpc) is 3.27. The summed E-state index contributed by atoms with van der Waals surface area (Å²) < 4.78 is 47.6. The lowest BCUT2D eigenvalue weighted by molar-refractivity contribution is -0.147. The highest BCUT2D eigenvalue weighted by Crippen LogP contribution is 2.40. The molecule has 4 rings (SSSR count). The first-order chi connectivity index (χ1) is 19.9. The van der Waals surface area contributed by atoms with Crippen molar-refractivity contribution in [3.8, 4) is 11.1 Å². The van der Waals surface area contributed by atoms with Crippen molar-refractivity contribution in [2.24, 2.45) is 5.92 Å². The zero-order valence-electron chi connectivity index (χ0n) is 24.2. The number of esters is 1. The minimum Gasteiger partial charge on any atom is -0.467 e. The van der Waals surface area contributed by atoms with Crippen molar-refractivity contribution in [3.63, 3.8) is 0 Å². The molecule has 1 unspecified atom stereocenters. The molecule has 0 bridgehead atoms. The summed E-state index contributed by atoms with van der Waals surface area (Å²) in [5, 5.41) is 2.57. The number of alkyl halides is 3. The van der Waals surface area contributed by atoms with Gasteiger partial charge in [0.1, 0.15) is 6.04 Å². The number of anilines is 1. The third kappa shape index (κ3) is 6.66. The Hall–Kier alpha value is -4.14. The maximum atomic E-state index is 14.2. The second-order valence-electron chi connectivity index (χ2n) is 10.9. The third-order valence-electron chi connectivity index (χ3n) is 7.53. The molecule has 2 amide bonds. The van der Waals surface area contributed by atoms with Crippen LogP contribution in [0.2, 0.25) is 0 Å². The van der Waals surface area contributed by atoms with E-state index in [1.54, 1.807) is 32.0 Å². The molecular formula is C33H35F3N2O4. The van der Waals surface area contributed by atoms with Gasteiger partial charge in [0.05, 0.1) is 12.7 Å². The van der Waals surface area contributed by atoms with Gasteiger partial charge in [-0.05, 0) is 71.3 Å². The molecule has 0 saturated heterocycles. The predicted molar refractivity (Wildman–Crippen MR) is 155 cm³/mol. The van der Waals surface area contributed by atoms with Gasteiger partial charge in [0.15, 0.2) is 0 Å². The summed E-state index contributed by atoms with van der Waals surface area (Å²) in [6.07, 6.45) is -0.537. The number of methoxy groups -OCH3 is 1. The number of rotatable bonds is 10. The fourth-order valence-electron chi connectivity index (χ4n) is 5.31. The van der Waals surface area contributed by atoms with Crippen molar-refractivity contribution < 1.29 is 32.3 Å². The van der Waals surface area contributed by atoms with Crippen LogP contribution in [0.1, 0.15) is 77.4 Å². The van der Waals surface area contributed by atoms with Crippen molar-refractivity contribution in [1.29, 1.82) is 0 Å². The molecule has 6 nitrogen and oxygen atoms in total. The lowest BCUT2D eigenvalue weighted by Gasteiger charge is -2.28. The number of ether oxygens (including phenoxy) is 1. The first-order valence-electron chi connectivity index (χ1n) is 14.1. The van der Waals surface area contributed by atoms with Gasteiger partial charge >= 0.3 is 12.1 Å². The van der Waals surface area contributed by atoms with E-state index in [1.807, 2.05) is 12.1 Å². The standard InChI is InChI=1S/C33H35F3N2O4/c1-5-6-7-8-21-9-11-22(12-10-21)30(39)37-25-15-16-26(28(18-25)33(34,35)36)23-13-14-24-19-38(31(40)27(24)17-23)29(20(2)3)32(41)42-4/h9-18,20,29H,5-8,19H2,1-4H3,(H,37,39). The van der Waals surface area contributed by atoms with E-state index in [1.165, 1.54) is 36.3 Å². The molecule has 222 valence electrons. The van der Waals surface area contributed by atoms with Gasteiger partial charge in [-0.3, -0.25) is 9.59 Å². The lowest BCUT2D eigenvalue weighted by atomic mass is 9.95. The van der Waals surface area contributed by atoms with E-state index in [-0.39, 0.29) is 34.8 Å². The Balaban J connectivity index is 1.58. The molecule has 9 heteroatoms. The number of fused-ring (bicyclic) bond motifs is 1. The predicted octanol–water partition coefficient (Wildman–Crippen LogP) is 7.51. The Bertz CT molecular complexity index is 1470. The van der Waals surface area contributed by atoms with Crippen molar-refractivity contribution in [2.75, 3.05) is 12.4 Å². The Labute approximate surface area is 243 Å². The fraction of sp³-hybridized carbons (Fsp3) is 0.364. The lowest BCUT2D eigenvalue weighted by Crippen LogP contribution is -2.45. The summed E-state index contributed by atoms with van der Waals surface area (Å²) in [7, 11) is 1.25. The Morgan fingerprint density at radius 2 is 1.69 bits per heavy atom. The quantitative estimate of drug-likeness (QED) is 0.199. The number of unbranched alkanes of at least 4 members (excludes halogenated alkanes) is 2. The van der Waals surface area contributed by atoms with Crippen molar-refractivity contribution >= 4 is 23.5 Å². The zero-order valence-corrected chi connectivity index (χ0v) is 24.2. The smallest absolute Gasteiger partial charge is 0.417 e. The third-order valence-corrected chi connectivity index (χ3v) is 7.53. The first-order valence-corrected chi connectivity index (χ1v) is 14.1. The number of amides is 2. The summed E-state index contributed by atoms with van der Waals surface area (Å²) in [5.74, 6) is -1.72. The van der Waals surface area contributed by atoms with E-state index in [4.69, 9.17) is 4.74 Å². The van der Waals surface area contributed by atoms with E-state index in [9.17, 15) is 27.6 Å². The van der Waals surface area contributed by atoms with Gasteiger partial charge in [-0.1, -0.05) is 63.9 Å². The largest absolute Gasteiger partial charge is 0.467 e. The van der Waals surface area contributed by atoms with Gasteiger partial charge in [-0.15, -0.1) is 0 Å². The maximum absolute atomic E-state index is 14.2. The number of aryl methyl sites for hydroxylation is 1. The molecule has 1 aliphatic rings. The average molecular weight is 581 g/mol. The number of nitrogens with zero attached hydrogens (tertiary/aromatic N) is 1. The monoisotopic (exact) mass is 580 g/mol. The molecule has 0 aromatic heterocycles. The molecule has 42 heavy (non-hydrogen) atoms. The Kier molecular flexibility index (Phi) is 9.39. The first kappa shape index (κ1) is 30.8. The van der Waals surface area contributed by atoms with E-state index in [0.29, 0.717) is 11.1 Å². The Morgan fingerprint density at radius 1 is 0.976 bits per heavy atom. The van der Waals surface area contributed by atoms with Crippen LogP contribution in [0.5, 0.6) is 0 Å². The van der Waals surface area contributed by atoms with E-state index in [0.717, 1.165) is 37.3 Å². The van der Waals surface area contributed by atoms with Crippen molar-refractivity contribution in [3.05, 3.63) is 88.5 Å². The molecule has 0 saturated carbocycles. The highest BCUT2D eigenvalue weighted by Gasteiger charge is 2.39. The van der Waals surface area contributed by atoms with E-state index >= 15 is 0 Å². The number of hydrogen-bond acceptors (Lipinski definition) is 4. The summed E-state index contributed by atoms with van der Waals surface area (Å²) in [6, 6.07) is 14.4. The van der Waals surface area contributed by atoms with Crippen molar-refractivity contribution in [1.82, 2.24) is 4.90 Å². The van der Waals surface area contributed by atoms with Crippen LogP contribution in [0, 0.1) is 5.92 Å². The Morgan fingerprint density at radius 3 is 2.31 bits per heavy atom. The molecule has 3 aromatic carbocycles. The molecule has 3 aromatic rings. The van der Waals surface area contributed by atoms with Crippen molar-refractivity contribution in [2.45, 2.75) is 65.2 Å². The van der Waals surface area contributed by atoms with E-state index < -0.39 is 35.6 Å². The van der Waals surface area contributed by atoms with Crippen LogP contribution < -0.4 is 5.32 Å². The number of halogens is 3. The van der Waals surface area contributed by atoms with Crippen LogP contribution in [0.4, 0.5) is 18.9 Å². The minimum atomic E-state index is -4.72. The molecule has 1 heterocycles. The number of carbonyl (C=O) groups is 3. The van der Waals surface area contributed by atoms with Gasteiger partial charge in [-0.25, -0.2) is 4.79 Å². The van der Waals surface area contributed by atoms with Gasteiger partial charge in [-0.2, -0.15) is 13.2 Å². The van der Waals surface area contributed by atoms with Crippen LogP contribution >= 0.6 is 0 Å². The van der Waals surface area contributed by atoms with Gasteiger partial charge < -0.3 is 15.0 Å².